The van der Waals surface area contributed by atoms with E-state index in [1.165, 1.54) is 6.42 Å². The van der Waals surface area contributed by atoms with Crippen molar-refractivity contribution >= 4 is 16.7 Å². The average molecular weight is 267 g/mol. The zero-order chi connectivity index (χ0) is 14.1. The van der Waals surface area contributed by atoms with Crippen LogP contribution in [0.4, 0.5) is 0 Å². The van der Waals surface area contributed by atoms with Gasteiger partial charge in [-0.25, -0.2) is 0 Å². The van der Waals surface area contributed by atoms with E-state index in [9.17, 15) is 4.79 Å². The lowest BCUT2D eigenvalue weighted by Gasteiger charge is -2.39. The number of rotatable bonds is 1. The standard InChI is InChI=1S/C18H21NO/c1-13-7-5-8-14(2)19(13)18(20)17-12-6-10-15-9-3-4-11-16(15)17/h3-4,6,9-14H,5,7-8H2,1-2H3. The van der Waals surface area contributed by atoms with E-state index in [1.54, 1.807) is 0 Å². The van der Waals surface area contributed by atoms with Crippen LogP contribution in [0.2, 0.25) is 0 Å². The number of likely N-dealkylation sites (tertiary alicyclic amines) is 1. The molecule has 1 saturated heterocycles. The van der Waals surface area contributed by atoms with Gasteiger partial charge in [0.1, 0.15) is 0 Å². The van der Waals surface area contributed by atoms with Crippen molar-refractivity contribution < 1.29 is 4.79 Å². The predicted molar refractivity (Wildman–Crippen MR) is 82.9 cm³/mol. The average Bonchev–Trinajstić information content (AvgIpc) is 2.46. The summed E-state index contributed by atoms with van der Waals surface area (Å²) in [6.45, 7) is 4.33. The first kappa shape index (κ1) is 13.2. The molecule has 2 heteroatoms. The van der Waals surface area contributed by atoms with Crippen LogP contribution in [0.3, 0.4) is 0 Å². The van der Waals surface area contributed by atoms with Crippen molar-refractivity contribution in [2.24, 2.45) is 0 Å². The minimum Gasteiger partial charge on any atom is -0.333 e. The molecule has 0 saturated carbocycles. The Morgan fingerprint density at radius 1 is 1.00 bits per heavy atom. The van der Waals surface area contributed by atoms with Crippen molar-refractivity contribution in [1.82, 2.24) is 4.90 Å². The highest BCUT2D eigenvalue weighted by atomic mass is 16.2. The Morgan fingerprint density at radius 2 is 1.65 bits per heavy atom. The zero-order valence-corrected chi connectivity index (χ0v) is 12.2. The summed E-state index contributed by atoms with van der Waals surface area (Å²) in [5, 5.41) is 2.20. The third kappa shape index (κ3) is 2.20. The first-order valence-electron chi connectivity index (χ1n) is 7.49. The van der Waals surface area contributed by atoms with Crippen molar-refractivity contribution in [3.8, 4) is 0 Å². The monoisotopic (exact) mass is 267 g/mol. The second-order valence-electron chi connectivity index (χ2n) is 5.87. The maximum atomic E-state index is 13.0. The number of carbonyl (C=O) groups is 1. The highest BCUT2D eigenvalue weighted by Gasteiger charge is 2.30. The van der Waals surface area contributed by atoms with E-state index in [0.29, 0.717) is 12.1 Å². The topological polar surface area (TPSA) is 20.3 Å². The summed E-state index contributed by atoms with van der Waals surface area (Å²) in [5.41, 5.74) is 0.837. The number of fused-ring (bicyclic) bond motifs is 1. The van der Waals surface area contributed by atoms with Crippen LogP contribution in [0.25, 0.3) is 10.8 Å². The SMILES string of the molecule is CC1CCCC(C)N1C(=O)c1cccc2ccccc12. The van der Waals surface area contributed by atoms with Gasteiger partial charge in [0.15, 0.2) is 0 Å². The number of piperidine rings is 1. The van der Waals surface area contributed by atoms with Gasteiger partial charge in [0.25, 0.3) is 5.91 Å². The molecule has 2 atom stereocenters. The van der Waals surface area contributed by atoms with Gasteiger partial charge < -0.3 is 4.90 Å². The fourth-order valence-corrected chi connectivity index (χ4v) is 3.37. The lowest BCUT2D eigenvalue weighted by atomic mass is 9.95. The van der Waals surface area contributed by atoms with E-state index in [-0.39, 0.29) is 5.91 Å². The first-order chi connectivity index (χ1) is 9.68. The van der Waals surface area contributed by atoms with Crippen molar-refractivity contribution in [2.75, 3.05) is 0 Å². The molecule has 1 fully saturated rings. The summed E-state index contributed by atoms with van der Waals surface area (Å²) in [7, 11) is 0. The molecule has 1 aliphatic rings. The number of nitrogens with zero attached hydrogens (tertiary/aromatic N) is 1. The number of carbonyl (C=O) groups excluding carboxylic acids is 1. The molecule has 0 aromatic heterocycles. The van der Waals surface area contributed by atoms with Gasteiger partial charge in [-0.1, -0.05) is 36.4 Å². The van der Waals surface area contributed by atoms with E-state index >= 15 is 0 Å². The molecule has 0 radical (unpaired) electrons. The van der Waals surface area contributed by atoms with Crippen LogP contribution in [-0.2, 0) is 0 Å². The summed E-state index contributed by atoms with van der Waals surface area (Å²) < 4.78 is 0. The Kier molecular flexibility index (Phi) is 3.47. The van der Waals surface area contributed by atoms with Crippen LogP contribution in [0, 0.1) is 0 Å². The number of hydrogen-bond donors (Lipinski definition) is 0. The van der Waals surface area contributed by atoms with E-state index in [4.69, 9.17) is 0 Å². The lowest BCUT2D eigenvalue weighted by Crippen LogP contribution is -2.47. The molecule has 1 heterocycles. The Labute approximate surface area is 120 Å². The number of amides is 1. The van der Waals surface area contributed by atoms with Gasteiger partial charge in [-0.3, -0.25) is 4.79 Å². The molecular weight excluding hydrogens is 246 g/mol. The van der Waals surface area contributed by atoms with Crippen LogP contribution in [0.5, 0.6) is 0 Å². The van der Waals surface area contributed by atoms with Gasteiger partial charge in [0, 0.05) is 17.6 Å². The minimum absolute atomic E-state index is 0.182. The lowest BCUT2D eigenvalue weighted by molar-refractivity contribution is 0.0513. The number of hydrogen-bond acceptors (Lipinski definition) is 1. The zero-order valence-electron chi connectivity index (χ0n) is 12.2. The molecular formula is C18H21NO. The summed E-state index contributed by atoms with van der Waals surface area (Å²) >= 11 is 0. The van der Waals surface area contributed by atoms with Crippen molar-refractivity contribution in [2.45, 2.75) is 45.2 Å². The summed E-state index contributed by atoms with van der Waals surface area (Å²) in [5.74, 6) is 0.182. The van der Waals surface area contributed by atoms with Crippen LogP contribution in [0.15, 0.2) is 42.5 Å². The van der Waals surface area contributed by atoms with Gasteiger partial charge in [0.2, 0.25) is 0 Å². The van der Waals surface area contributed by atoms with E-state index in [1.807, 2.05) is 30.3 Å². The maximum Gasteiger partial charge on any atom is 0.254 e. The number of benzene rings is 2. The maximum absolute atomic E-state index is 13.0. The van der Waals surface area contributed by atoms with Crippen molar-refractivity contribution in [1.29, 1.82) is 0 Å². The summed E-state index contributed by atoms with van der Waals surface area (Å²) in [4.78, 5) is 15.0. The molecule has 2 aromatic carbocycles. The molecule has 3 rings (SSSR count). The molecule has 1 aliphatic heterocycles. The van der Waals surface area contributed by atoms with Gasteiger partial charge in [0.05, 0.1) is 0 Å². The Morgan fingerprint density at radius 3 is 2.40 bits per heavy atom. The van der Waals surface area contributed by atoms with Crippen molar-refractivity contribution in [3.05, 3.63) is 48.0 Å². The molecule has 2 unspecified atom stereocenters. The highest BCUT2D eigenvalue weighted by Crippen LogP contribution is 2.27. The third-order valence-corrected chi connectivity index (χ3v) is 4.45. The fourth-order valence-electron chi connectivity index (χ4n) is 3.37. The quantitative estimate of drug-likeness (QED) is 0.756. The Balaban J connectivity index is 2.04. The Hall–Kier alpha value is -1.83. The second-order valence-corrected chi connectivity index (χ2v) is 5.87. The molecule has 20 heavy (non-hydrogen) atoms. The summed E-state index contributed by atoms with van der Waals surface area (Å²) in [6, 6.07) is 14.8. The van der Waals surface area contributed by atoms with Crippen molar-refractivity contribution in [3.63, 3.8) is 0 Å². The molecule has 0 spiro atoms. The molecule has 0 aliphatic carbocycles. The van der Waals surface area contributed by atoms with Crippen LogP contribution in [-0.4, -0.2) is 22.9 Å². The molecule has 0 bridgehead atoms. The van der Waals surface area contributed by atoms with Gasteiger partial charge in [-0.2, -0.15) is 0 Å². The highest BCUT2D eigenvalue weighted by molar-refractivity contribution is 6.07. The van der Waals surface area contributed by atoms with Crippen LogP contribution < -0.4 is 0 Å². The molecule has 2 nitrogen and oxygen atoms in total. The van der Waals surface area contributed by atoms with Gasteiger partial charge in [-0.05, 0) is 49.9 Å². The molecule has 0 N–H and O–H groups in total. The first-order valence-corrected chi connectivity index (χ1v) is 7.49. The van der Waals surface area contributed by atoms with E-state index in [2.05, 4.69) is 30.9 Å². The van der Waals surface area contributed by atoms with Crippen LogP contribution in [0.1, 0.15) is 43.5 Å². The Bertz CT molecular complexity index is 619. The summed E-state index contributed by atoms with van der Waals surface area (Å²) in [6.07, 6.45) is 3.45. The minimum atomic E-state index is 0.182. The second kappa shape index (κ2) is 5.28. The van der Waals surface area contributed by atoms with Crippen LogP contribution >= 0.6 is 0 Å². The smallest absolute Gasteiger partial charge is 0.254 e. The molecule has 104 valence electrons. The molecule has 1 amide bonds. The largest absolute Gasteiger partial charge is 0.333 e. The fraction of sp³-hybridized carbons (Fsp3) is 0.389. The van der Waals surface area contributed by atoms with Gasteiger partial charge in [-0.15, -0.1) is 0 Å². The van der Waals surface area contributed by atoms with E-state index < -0.39 is 0 Å². The third-order valence-electron chi connectivity index (χ3n) is 4.45. The van der Waals surface area contributed by atoms with E-state index in [0.717, 1.165) is 29.2 Å². The normalized spacial score (nSPS) is 23.0. The predicted octanol–water partition coefficient (Wildman–Crippen LogP) is 4.24. The molecule has 2 aromatic rings. The van der Waals surface area contributed by atoms with Gasteiger partial charge >= 0.3 is 0 Å².